The first-order valence-corrected chi connectivity index (χ1v) is 10.7. The molecular formula is C21H19N7OS. The normalized spacial score (nSPS) is 11.5. The number of carbonyl (C=O) groups is 1. The molecule has 0 aliphatic carbocycles. The van der Waals surface area contributed by atoms with E-state index in [4.69, 9.17) is 9.97 Å². The van der Waals surface area contributed by atoms with Gasteiger partial charge in [0.15, 0.2) is 5.65 Å². The van der Waals surface area contributed by atoms with Crippen LogP contribution in [-0.2, 0) is 11.3 Å². The number of H-pyrrole nitrogens is 1. The van der Waals surface area contributed by atoms with E-state index in [0.29, 0.717) is 17.6 Å². The monoisotopic (exact) mass is 417 g/mol. The number of hydrogen-bond donors (Lipinski definition) is 2. The number of aromatic amines is 1. The zero-order valence-corrected chi connectivity index (χ0v) is 17.1. The molecule has 3 heterocycles. The van der Waals surface area contributed by atoms with E-state index in [0.717, 1.165) is 38.9 Å². The van der Waals surface area contributed by atoms with E-state index in [1.807, 2.05) is 55.5 Å². The average molecular weight is 417 g/mol. The van der Waals surface area contributed by atoms with Crippen LogP contribution in [0.15, 0.2) is 53.7 Å². The molecule has 0 fully saturated rings. The van der Waals surface area contributed by atoms with Crippen molar-refractivity contribution in [2.75, 3.05) is 11.1 Å². The summed E-state index contributed by atoms with van der Waals surface area (Å²) in [6.07, 6.45) is 0.277. The molecule has 0 atom stereocenters. The van der Waals surface area contributed by atoms with E-state index in [2.05, 4.69) is 25.1 Å². The van der Waals surface area contributed by atoms with Crippen molar-refractivity contribution < 1.29 is 4.79 Å². The van der Waals surface area contributed by atoms with Crippen molar-refractivity contribution in [2.24, 2.45) is 0 Å². The molecule has 150 valence electrons. The van der Waals surface area contributed by atoms with Crippen LogP contribution in [0.5, 0.6) is 0 Å². The zero-order chi connectivity index (χ0) is 20.5. The number of nitrogens with one attached hydrogen (secondary N) is 2. The predicted octanol–water partition coefficient (Wildman–Crippen LogP) is 4.00. The van der Waals surface area contributed by atoms with Crippen LogP contribution in [-0.4, -0.2) is 41.4 Å². The third-order valence-corrected chi connectivity index (χ3v) is 5.55. The largest absolute Gasteiger partial charge is 0.323 e. The Balaban J connectivity index is 1.45. The summed E-state index contributed by atoms with van der Waals surface area (Å²) in [5, 5.41) is 11.3. The van der Waals surface area contributed by atoms with Crippen LogP contribution in [0.4, 0.5) is 5.95 Å². The first-order valence-electron chi connectivity index (χ1n) is 9.71. The summed E-state index contributed by atoms with van der Waals surface area (Å²) in [5.41, 5.74) is 4.33. The lowest BCUT2D eigenvalue weighted by Crippen LogP contribution is -2.15. The summed E-state index contributed by atoms with van der Waals surface area (Å²) >= 11 is 1.51. The van der Waals surface area contributed by atoms with Gasteiger partial charge < -0.3 is 4.57 Å². The fourth-order valence-electron chi connectivity index (χ4n) is 3.51. The Morgan fingerprint density at radius 2 is 1.83 bits per heavy atom. The van der Waals surface area contributed by atoms with E-state index in [-0.39, 0.29) is 12.3 Å². The van der Waals surface area contributed by atoms with Gasteiger partial charge >= 0.3 is 0 Å². The molecular weight excluding hydrogens is 398 g/mol. The van der Waals surface area contributed by atoms with Crippen LogP contribution in [0.25, 0.3) is 33.1 Å². The number of amides is 1. The van der Waals surface area contributed by atoms with Gasteiger partial charge in [-0.1, -0.05) is 49.0 Å². The van der Waals surface area contributed by atoms with Crippen molar-refractivity contribution in [3.05, 3.63) is 48.5 Å². The Morgan fingerprint density at radius 3 is 2.67 bits per heavy atom. The summed E-state index contributed by atoms with van der Waals surface area (Å²) in [7, 11) is 0. The molecule has 8 nitrogen and oxygen atoms in total. The summed E-state index contributed by atoms with van der Waals surface area (Å²) in [4.78, 5) is 26.4. The van der Waals surface area contributed by atoms with Gasteiger partial charge in [-0.05, 0) is 24.0 Å². The van der Waals surface area contributed by atoms with Crippen LogP contribution in [0.3, 0.4) is 0 Å². The second kappa shape index (κ2) is 7.75. The molecule has 0 bridgehead atoms. The molecule has 0 aliphatic heterocycles. The summed E-state index contributed by atoms with van der Waals surface area (Å²) < 4.78 is 2.06. The Morgan fingerprint density at radius 1 is 1.07 bits per heavy atom. The number of aryl methyl sites for hydroxylation is 1. The van der Waals surface area contributed by atoms with Crippen LogP contribution in [0, 0.1) is 0 Å². The number of aromatic nitrogens is 6. The molecule has 0 spiro atoms. The molecule has 30 heavy (non-hydrogen) atoms. The number of nitrogens with zero attached hydrogens (tertiary/aromatic N) is 5. The van der Waals surface area contributed by atoms with Crippen molar-refractivity contribution in [3.63, 3.8) is 0 Å². The third kappa shape index (κ3) is 3.37. The van der Waals surface area contributed by atoms with E-state index in [9.17, 15) is 4.79 Å². The maximum Gasteiger partial charge on any atom is 0.228 e. The fourth-order valence-corrected chi connectivity index (χ4v) is 4.04. The lowest BCUT2D eigenvalue weighted by atomic mass is 10.2. The standard InChI is InChI=1S/C21H19N7OS/c1-2-30-21-25-20(26-27-21)24-17(29)11-12-28-16-10-6-3-7-13(16)18-19(28)23-15-9-5-4-8-14(15)22-18/h3-10H,2,11-12H2,1H3,(H2,24,25,26,27,29). The van der Waals surface area contributed by atoms with Gasteiger partial charge in [0.25, 0.3) is 0 Å². The van der Waals surface area contributed by atoms with Crippen LogP contribution >= 0.6 is 11.8 Å². The molecule has 0 radical (unpaired) electrons. The lowest BCUT2D eigenvalue weighted by Gasteiger charge is -2.07. The molecule has 2 N–H and O–H groups in total. The number of rotatable bonds is 6. The second-order valence-corrected chi connectivity index (χ2v) is 7.98. The molecule has 0 saturated heterocycles. The topological polar surface area (TPSA) is 101 Å². The summed E-state index contributed by atoms with van der Waals surface area (Å²) in [6.45, 7) is 2.50. The SMILES string of the molecule is CCSc1n[nH]c(NC(=O)CCn2c3ccccc3c3nc4ccccc4nc32)n1. The molecule has 0 unspecified atom stereocenters. The van der Waals surface area contributed by atoms with Gasteiger partial charge in [0.05, 0.1) is 16.6 Å². The predicted molar refractivity (Wildman–Crippen MR) is 119 cm³/mol. The van der Waals surface area contributed by atoms with Crippen molar-refractivity contribution in [2.45, 2.75) is 25.0 Å². The van der Waals surface area contributed by atoms with Crippen LogP contribution < -0.4 is 5.32 Å². The molecule has 0 aliphatic rings. The molecule has 0 saturated carbocycles. The number of anilines is 1. The third-order valence-electron chi connectivity index (χ3n) is 4.82. The van der Waals surface area contributed by atoms with Gasteiger partial charge in [-0.2, -0.15) is 4.98 Å². The summed E-state index contributed by atoms with van der Waals surface area (Å²) in [5.74, 6) is 1.09. The highest BCUT2D eigenvalue weighted by Gasteiger charge is 2.15. The number of benzene rings is 2. The number of fused-ring (bicyclic) bond motifs is 4. The van der Waals surface area contributed by atoms with Gasteiger partial charge in [-0.15, -0.1) is 5.10 Å². The Labute approximate surface area is 176 Å². The molecule has 1 amide bonds. The number of hydrogen-bond acceptors (Lipinski definition) is 6. The highest BCUT2D eigenvalue weighted by molar-refractivity contribution is 7.99. The molecule has 5 rings (SSSR count). The highest BCUT2D eigenvalue weighted by Crippen LogP contribution is 2.28. The summed E-state index contributed by atoms with van der Waals surface area (Å²) in [6, 6.07) is 15.9. The van der Waals surface area contributed by atoms with E-state index in [1.54, 1.807) is 0 Å². The Bertz CT molecular complexity index is 1370. The highest BCUT2D eigenvalue weighted by atomic mass is 32.2. The Hall–Kier alpha value is -3.46. The lowest BCUT2D eigenvalue weighted by molar-refractivity contribution is -0.116. The minimum atomic E-state index is -0.140. The molecule has 3 aromatic heterocycles. The van der Waals surface area contributed by atoms with Crippen molar-refractivity contribution in [1.29, 1.82) is 0 Å². The van der Waals surface area contributed by atoms with Gasteiger partial charge in [-0.25, -0.2) is 15.1 Å². The minimum absolute atomic E-state index is 0.140. The zero-order valence-electron chi connectivity index (χ0n) is 16.3. The molecule has 5 aromatic rings. The average Bonchev–Trinajstić information content (AvgIpc) is 3.33. The smallest absolute Gasteiger partial charge is 0.228 e. The van der Waals surface area contributed by atoms with Crippen molar-refractivity contribution >= 4 is 56.7 Å². The number of carbonyl (C=O) groups excluding carboxylic acids is 1. The van der Waals surface area contributed by atoms with Crippen molar-refractivity contribution in [1.82, 2.24) is 29.7 Å². The second-order valence-electron chi connectivity index (χ2n) is 6.75. The van der Waals surface area contributed by atoms with Gasteiger partial charge in [-0.3, -0.25) is 10.1 Å². The number of thioether (sulfide) groups is 1. The van der Waals surface area contributed by atoms with Gasteiger partial charge in [0, 0.05) is 18.4 Å². The van der Waals surface area contributed by atoms with E-state index >= 15 is 0 Å². The molecule has 9 heteroatoms. The number of para-hydroxylation sites is 3. The quantitative estimate of drug-likeness (QED) is 0.405. The van der Waals surface area contributed by atoms with E-state index < -0.39 is 0 Å². The Kier molecular flexibility index (Phi) is 4.80. The maximum absolute atomic E-state index is 12.5. The first-order chi connectivity index (χ1) is 14.7. The van der Waals surface area contributed by atoms with Crippen LogP contribution in [0.1, 0.15) is 13.3 Å². The fraction of sp³-hybridized carbons (Fsp3) is 0.190. The van der Waals surface area contributed by atoms with Gasteiger partial charge in [0.1, 0.15) is 5.52 Å². The van der Waals surface area contributed by atoms with Crippen molar-refractivity contribution in [3.8, 4) is 0 Å². The van der Waals surface area contributed by atoms with Crippen LogP contribution in [0.2, 0.25) is 0 Å². The van der Waals surface area contributed by atoms with E-state index in [1.165, 1.54) is 11.8 Å². The molecule has 2 aromatic carbocycles. The maximum atomic E-state index is 12.5. The minimum Gasteiger partial charge on any atom is -0.323 e. The first kappa shape index (κ1) is 18.6. The van der Waals surface area contributed by atoms with Gasteiger partial charge in [0.2, 0.25) is 17.0 Å².